The molecular weight excluding hydrogens is 252 g/mol. The molecule has 1 fully saturated rings. The molecule has 0 aliphatic heterocycles. The highest BCUT2D eigenvalue weighted by atomic mass is 32.1. The zero-order valence-corrected chi connectivity index (χ0v) is 10.9. The van der Waals surface area contributed by atoms with Crippen LogP contribution in [0.5, 0.6) is 0 Å². The van der Waals surface area contributed by atoms with Crippen molar-refractivity contribution in [3.8, 4) is 0 Å². The topological polar surface area (TPSA) is 80.4 Å². The first-order valence-corrected chi connectivity index (χ1v) is 6.88. The van der Waals surface area contributed by atoms with Crippen LogP contribution < -0.4 is 0 Å². The normalized spacial score (nSPS) is 17.2. The fourth-order valence-corrected chi connectivity index (χ4v) is 3.02. The van der Waals surface area contributed by atoms with E-state index in [0.29, 0.717) is 12.3 Å². The van der Waals surface area contributed by atoms with Crippen molar-refractivity contribution in [3.63, 3.8) is 0 Å². The first-order valence-electron chi connectivity index (χ1n) is 6.06. The van der Waals surface area contributed by atoms with Crippen LogP contribution in [-0.4, -0.2) is 30.9 Å². The van der Waals surface area contributed by atoms with E-state index < -0.39 is 5.97 Å². The first kappa shape index (κ1) is 11.6. The Balaban J connectivity index is 1.78. The Kier molecular flexibility index (Phi) is 2.77. The van der Waals surface area contributed by atoms with Crippen LogP contribution in [0.25, 0.3) is 4.96 Å². The summed E-state index contributed by atoms with van der Waals surface area (Å²) in [6, 6.07) is 0. The number of carboxylic acids is 1. The van der Waals surface area contributed by atoms with Gasteiger partial charge >= 0.3 is 5.97 Å². The van der Waals surface area contributed by atoms with Crippen LogP contribution in [-0.2, 0) is 11.2 Å². The van der Waals surface area contributed by atoms with Gasteiger partial charge in [-0.25, -0.2) is 0 Å². The molecule has 2 heterocycles. The van der Waals surface area contributed by atoms with E-state index in [9.17, 15) is 4.79 Å². The third kappa shape index (κ3) is 2.22. The number of rotatable bonds is 5. The summed E-state index contributed by atoms with van der Waals surface area (Å²) in [5.41, 5.74) is 0. The molecule has 18 heavy (non-hydrogen) atoms. The van der Waals surface area contributed by atoms with Crippen LogP contribution in [0.15, 0.2) is 0 Å². The number of fused-ring (bicyclic) bond motifs is 1. The van der Waals surface area contributed by atoms with Crippen LogP contribution in [0, 0.1) is 5.92 Å². The van der Waals surface area contributed by atoms with Crippen molar-refractivity contribution in [2.75, 3.05) is 0 Å². The minimum Gasteiger partial charge on any atom is -0.481 e. The van der Waals surface area contributed by atoms with Gasteiger partial charge in [-0.1, -0.05) is 18.3 Å². The van der Waals surface area contributed by atoms with Crippen LogP contribution in [0.4, 0.5) is 0 Å². The van der Waals surface area contributed by atoms with Crippen molar-refractivity contribution in [2.45, 2.75) is 38.5 Å². The molecule has 1 aliphatic carbocycles. The van der Waals surface area contributed by atoms with E-state index in [2.05, 4.69) is 15.3 Å². The van der Waals surface area contributed by atoms with Crippen molar-refractivity contribution in [2.24, 2.45) is 5.92 Å². The summed E-state index contributed by atoms with van der Waals surface area (Å²) in [5, 5.41) is 22.5. The fraction of sp³-hybridized carbons (Fsp3) is 0.636. The molecule has 1 atom stereocenters. The molecule has 2 aromatic heterocycles. The third-order valence-electron chi connectivity index (χ3n) is 3.05. The summed E-state index contributed by atoms with van der Waals surface area (Å²) in [5.74, 6) is 0.810. The molecule has 1 N–H and O–H groups in total. The maximum Gasteiger partial charge on any atom is 0.303 e. The van der Waals surface area contributed by atoms with Crippen LogP contribution >= 0.6 is 11.3 Å². The van der Waals surface area contributed by atoms with Gasteiger partial charge in [0.15, 0.2) is 5.82 Å². The number of carbonyl (C=O) groups is 1. The molecule has 3 rings (SSSR count). The summed E-state index contributed by atoms with van der Waals surface area (Å²) in [7, 11) is 0. The number of hydrogen-bond acceptors (Lipinski definition) is 5. The molecule has 1 unspecified atom stereocenters. The van der Waals surface area contributed by atoms with Crippen molar-refractivity contribution < 1.29 is 9.90 Å². The van der Waals surface area contributed by atoms with E-state index in [0.717, 1.165) is 15.8 Å². The highest BCUT2D eigenvalue weighted by Crippen LogP contribution is 2.39. The van der Waals surface area contributed by atoms with E-state index >= 15 is 0 Å². The van der Waals surface area contributed by atoms with Gasteiger partial charge in [-0.15, -0.1) is 10.2 Å². The van der Waals surface area contributed by atoms with Crippen molar-refractivity contribution in [1.29, 1.82) is 0 Å². The predicted molar refractivity (Wildman–Crippen MR) is 65.8 cm³/mol. The van der Waals surface area contributed by atoms with E-state index in [-0.39, 0.29) is 12.3 Å². The smallest absolute Gasteiger partial charge is 0.303 e. The van der Waals surface area contributed by atoms with Gasteiger partial charge in [0.25, 0.3) is 0 Å². The number of carboxylic acid groups (broad SMARTS) is 1. The Labute approximate surface area is 108 Å². The lowest BCUT2D eigenvalue weighted by molar-refractivity contribution is -0.137. The quantitative estimate of drug-likeness (QED) is 0.891. The van der Waals surface area contributed by atoms with Crippen LogP contribution in [0.1, 0.15) is 42.9 Å². The molecule has 0 radical (unpaired) electrons. The SMILES string of the molecule is CC(CC(=O)O)Cc1nn2c(C3CC3)nnc2s1. The van der Waals surface area contributed by atoms with Crippen LogP contribution in [0.3, 0.4) is 0 Å². The molecule has 96 valence electrons. The number of nitrogens with zero attached hydrogens (tertiary/aromatic N) is 4. The van der Waals surface area contributed by atoms with Gasteiger partial charge in [-0.3, -0.25) is 4.79 Å². The molecule has 7 heteroatoms. The van der Waals surface area contributed by atoms with E-state index in [1.807, 2.05) is 11.4 Å². The third-order valence-corrected chi connectivity index (χ3v) is 3.97. The van der Waals surface area contributed by atoms with Gasteiger partial charge in [-0.05, 0) is 18.8 Å². The summed E-state index contributed by atoms with van der Waals surface area (Å²) in [6.45, 7) is 1.93. The maximum absolute atomic E-state index is 10.6. The number of hydrogen-bond donors (Lipinski definition) is 1. The molecule has 0 spiro atoms. The minimum atomic E-state index is -0.760. The molecule has 1 aliphatic rings. The number of aromatic nitrogens is 4. The second kappa shape index (κ2) is 4.31. The Hall–Kier alpha value is -1.50. The average molecular weight is 266 g/mol. The van der Waals surface area contributed by atoms with Gasteiger partial charge in [-0.2, -0.15) is 9.61 Å². The Bertz CT molecular complexity index is 587. The largest absolute Gasteiger partial charge is 0.481 e. The predicted octanol–water partition coefficient (Wildman–Crippen LogP) is 1.72. The highest BCUT2D eigenvalue weighted by Gasteiger charge is 2.30. The lowest BCUT2D eigenvalue weighted by Crippen LogP contribution is -2.07. The van der Waals surface area contributed by atoms with Gasteiger partial charge in [0, 0.05) is 18.8 Å². The van der Waals surface area contributed by atoms with E-state index in [1.54, 1.807) is 0 Å². The van der Waals surface area contributed by atoms with Gasteiger partial charge in [0.1, 0.15) is 5.01 Å². The maximum atomic E-state index is 10.6. The molecule has 6 nitrogen and oxygen atoms in total. The fourth-order valence-electron chi connectivity index (χ4n) is 2.02. The first-order chi connectivity index (χ1) is 8.63. The zero-order chi connectivity index (χ0) is 12.7. The summed E-state index contributed by atoms with van der Waals surface area (Å²) in [6.07, 6.45) is 3.20. The van der Waals surface area contributed by atoms with Crippen LogP contribution in [0.2, 0.25) is 0 Å². The molecule has 0 bridgehead atoms. The molecular formula is C11H14N4O2S. The molecule has 0 saturated heterocycles. The Morgan fingerprint density at radius 1 is 1.56 bits per heavy atom. The highest BCUT2D eigenvalue weighted by molar-refractivity contribution is 7.16. The minimum absolute atomic E-state index is 0.0932. The van der Waals surface area contributed by atoms with Crippen molar-refractivity contribution >= 4 is 22.3 Å². The summed E-state index contributed by atoms with van der Waals surface area (Å²) >= 11 is 1.50. The molecule has 1 saturated carbocycles. The average Bonchev–Trinajstić information content (AvgIpc) is 2.91. The standard InChI is InChI=1S/C11H14N4O2S/c1-6(5-9(16)17)4-8-14-15-10(7-2-3-7)12-13-11(15)18-8/h6-7H,2-5H2,1H3,(H,16,17). The molecule has 0 aromatic carbocycles. The lowest BCUT2D eigenvalue weighted by atomic mass is 10.1. The second-order valence-electron chi connectivity index (χ2n) is 4.93. The number of aliphatic carboxylic acids is 1. The summed E-state index contributed by atoms with van der Waals surface area (Å²) in [4.78, 5) is 11.4. The second-order valence-corrected chi connectivity index (χ2v) is 5.97. The van der Waals surface area contributed by atoms with Crippen molar-refractivity contribution in [1.82, 2.24) is 19.8 Å². The zero-order valence-electron chi connectivity index (χ0n) is 10.0. The Morgan fingerprint density at radius 2 is 2.33 bits per heavy atom. The lowest BCUT2D eigenvalue weighted by Gasteiger charge is -2.04. The van der Waals surface area contributed by atoms with Gasteiger partial charge in [0.2, 0.25) is 4.96 Å². The van der Waals surface area contributed by atoms with E-state index in [1.165, 1.54) is 24.2 Å². The van der Waals surface area contributed by atoms with Crippen molar-refractivity contribution in [3.05, 3.63) is 10.8 Å². The molecule has 2 aromatic rings. The van der Waals surface area contributed by atoms with Gasteiger partial charge < -0.3 is 5.11 Å². The summed E-state index contributed by atoms with van der Waals surface area (Å²) < 4.78 is 1.82. The Morgan fingerprint density at radius 3 is 3.00 bits per heavy atom. The van der Waals surface area contributed by atoms with E-state index in [4.69, 9.17) is 5.11 Å². The van der Waals surface area contributed by atoms with Gasteiger partial charge in [0.05, 0.1) is 0 Å². The molecule has 0 amide bonds. The monoisotopic (exact) mass is 266 g/mol.